The first-order valence-corrected chi connectivity index (χ1v) is 11.2. The molecular formula is C15H32O4Si. The molecule has 0 aromatic heterocycles. The van der Waals surface area contributed by atoms with Gasteiger partial charge in [-0.1, -0.05) is 32.6 Å². The summed E-state index contributed by atoms with van der Waals surface area (Å²) in [6, 6.07) is 0. The largest absolute Gasteiger partial charge is 0.463 e. The number of ether oxygens (including phenoxy) is 2. The topological polar surface area (TPSA) is 44.8 Å². The Morgan fingerprint density at radius 2 is 1.55 bits per heavy atom. The molecule has 0 bridgehead atoms. The highest BCUT2D eigenvalue weighted by molar-refractivity contribution is 6.69. The molecule has 4 nitrogen and oxygen atoms in total. The second-order valence-corrected chi connectivity index (χ2v) is 10.5. The molecule has 0 saturated carbocycles. The van der Waals surface area contributed by atoms with Crippen LogP contribution in [-0.4, -0.2) is 40.7 Å². The molecule has 0 fully saturated rings. The van der Waals surface area contributed by atoms with E-state index in [4.69, 9.17) is 13.9 Å². The zero-order valence-electron chi connectivity index (χ0n) is 13.7. The van der Waals surface area contributed by atoms with Crippen molar-refractivity contribution in [3.63, 3.8) is 0 Å². The van der Waals surface area contributed by atoms with Gasteiger partial charge in [-0.2, -0.15) is 0 Å². The van der Waals surface area contributed by atoms with E-state index in [1.165, 1.54) is 19.3 Å². The molecular weight excluding hydrogens is 272 g/mol. The van der Waals surface area contributed by atoms with Crippen molar-refractivity contribution >= 4 is 14.3 Å². The van der Waals surface area contributed by atoms with Gasteiger partial charge >= 0.3 is 5.97 Å². The molecule has 0 atom stereocenters. The van der Waals surface area contributed by atoms with Crippen molar-refractivity contribution in [1.29, 1.82) is 0 Å². The van der Waals surface area contributed by atoms with Crippen molar-refractivity contribution in [2.24, 2.45) is 0 Å². The van der Waals surface area contributed by atoms with E-state index < -0.39 is 8.32 Å². The van der Waals surface area contributed by atoms with Crippen LogP contribution in [0.1, 0.15) is 45.4 Å². The monoisotopic (exact) mass is 304 g/mol. The fourth-order valence-corrected chi connectivity index (χ4v) is 2.36. The average Bonchev–Trinajstić information content (AvgIpc) is 2.36. The van der Waals surface area contributed by atoms with Crippen molar-refractivity contribution < 1.29 is 18.7 Å². The van der Waals surface area contributed by atoms with Gasteiger partial charge in [-0.25, -0.2) is 0 Å². The first kappa shape index (κ1) is 19.6. The number of hydrogen-bond donors (Lipinski definition) is 0. The van der Waals surface area contributed by atoms with E-state index in [1.54, 1.807) is 0 Å². The quantitative estimate of drug-likeness (QED) is 0.295. The van der Waals surface area contributed by atoms with Gasteiger partial charge in [0.1, 0.15) is 6.61 Å². The predicted octanol–water partition coefficient (Wildman–Crippen LogP) is 3.76. The smallest absolute Gasteiger partial charge is 0.305 e. The minimum Gasteiger partial charge on any atom is -0.463 e. The molecule has 0 N–H and O–H groups in total. The van der Waals surface area contributed by atoms with E-state index >= 15 is 0 Å². The molecule has 0 aliphatic rings. The third-order valence-electron chi connectivity index (χ3n) is 2.74. The summed E-state index contributed by atoms with van der Waals surface area (Å²) in [5.74, 6) is -0.108. The lowest BCUT2D eigenvalue weighted by Crippen LogP contribution is -2.27. The van der Waals surface area contributed by atoms with Crippen molar-refractivity contribution in [2.75, 3.05) is 26.4 Å². The van der Waals surface area contributed by atoms with Crippen LogP contribution in [-0.2, 0) is 18.7 Å². The third kappa shape index (κ3) is 15.7. The summed E-state index contributed by atoms with van der Waals surface area (Å²) in [5.41, 5.74) is 0. The molecule has 0 heterocycles. The van der Waals surface area contributed by atoms with Crippen molar-refractivity contribution in [1.82, 2.24) is 0 Å². The van der Waals surface area contributed by atoms with Gasteiger partial charge in [0.2, 0.25) is 0 Å². The molecule has 0 rings (SSSR count). The van der Waals surface area contributed by atoms with E-state index in [1.807, 2.05) is 0 Å². The van der Waals surface area contributed by atoms with Crippen molar-refractivity contribution in [3.8, 4) is 0 Å². The lowest BCUT2D eigenvalue weighted by Gasteiger charge is -2.16. The predicted molar refractivity (Wildman–Crippen MR) is 84.5 cm³/mol. The fraction of sp³-hybridized carbons (Fsp3) is 0.933. The number of rotatable bonds is 13. The Balaban J connectivity index is 3.23. The summed E-state index contributed by atoms with van der Waals surface area (Å²) in [4.78, 5) is 11.4. The van der Waals surface area contributed by atoms with Crippen LogP contribution in [0.5, 0.6) is 0 Å². The molecule has 5 heteroatoms. The summed E-state index contributed by atoms with van der Waals surface area (Å²) in [6.45, 7) is 10.6. The molecule has 0 aliphatic heterocycles. The van der Waals surface area contributed by atoms with E-state index in [-0.39, 0.29) is 5.97 Å². The van der Waals surface area contributed by atoms with Gasteiger partial charge < -0.3 is 13.9 Å². The van der Waals surface area contributed by atoms with Gasteiger partial charge in [-0.05, 0) is 26.1 Å². The van der Waals surface area contributed by atoms with Crippen LogP contribution in [0.2, 0.25) is 19.6 Å². The van der Waals surface area contributed by atoms with Crippen LogP contribution in [0.3, 0.4) is 0 Å². The maximum Gasteiger partial charge on any atom is 0.305 e. The summed E-state index contributed by atoms with van der Waals surface area (Å²) in [6.07, 6.45) is 6.27. The van der Waals surface area contributed by atoms with Gasteiger partial charge in [-0.3, -0.25) is 4.79 Å². The third-order valence-corrected chi connectivity index (χ3v) is 3.81. The summed E-state index contributed by atoms with van der Waals surface area (Å²) in [7, 11) is -1.43. The lowest BCUT2D eigenvalue weighted by molar-refractivity contribution is -0.145. The molecule has 0 saturated heterocycles. The maximum atomic E-state index is 11.4. The van der Waals surface area contributed by atoms with Gasteiger partial charge in [0, 0.05) is 6.42 Å². The number of esters is 1. The fourth-order valence-electron chi connectivity index (χ4n) is 1.67. The lowest BCUT2D eigenvalue weighted by atomic mass is 10.1. The molecule has 0 spiro atoms. The molecule has 0 aliphatic carbocycles. The normalized spacial score (nSPS) is 11.6. The van der Waals surface area contributed by atoms with Gasteiger partial charge in [0.15, 0.2) is 8.32 Å². The van der Waals surface area contributed by atoms with E-state index in [0.29, 0.717) is 32.8 Å². The first-order chi connectivity index (χ1) is 9.45. The maximum absolute atomic E-state index is 11.4. The minimum atomic E-state index is -1.43. The van der Waals surface area contributed by atoms with Crippen LogP contribution in [0, 0.1) is 0 Å². The van der Waals surface area contributed by atoms with E-state index in [9.17, 15) is 4.79 Å². The molecule has 0 unspecified atom stereocenters. The first-order valence-electron chi connectivity index (χ1n) is 7.83. The standard InChI is InChI=1S/C15H32O4Si/c1-5-6-7-8-9-10-15(16)18-13-11-17-12-14-19-20(2,3)4/h5-14H2,1-4H3. The van der Waals surface area contributed by atoms with Gasteiger partial charge in [-0.15, -0.1) is 0 Å². The van der Waals surface area contributed by atoms with Gasteiger partial charge in [0.25, 0.3) is 0 Å². The highest BCUT2D eigenvalue weighted by Crippen LogP contribution is 2.05. The van der Waals surface area contributed by atoms with Crippen LogP contribution >= 0.6 is 0 Å². The molecule has 120 valence electrons. The van der Waals surface area contributed by atoms with Crippen LogP contribution in [0.25, 0.3) is 0 Å². The Hall–Kier alpha value is -0.393. The minimum absolute atomic E-state index is 0.108. The molecule has 0 radical (unpaired) electrons. The Kier molecular flexibility index (Phi) is 12.1. The van der Waals surface area contributed by atoms with Crippen LogP contribution < -0.4 is 0 Å². The number of carbonyl (C=O) groups excluding carboxylic acids is 1. The van der Waals surface area contributed by atoms with Gasteiger partial charge in [0.05, 0.1) is 19.8 Å². The van der Waals surface area contributed by atoms with Crippen molar-refractivity contribution in [2.45, 2.75) is 65.1 Å². The Morgan fingerprint density at radius 3 is 2.20 bits per heavy atom. The Morgan fingerprint density at radius 1 is 0.900 bits per heavy atom. The summed E-state index contributed by atoms with van der Waals surface area (Å²) in [5, 5.41) is 0. The average molecular weight is 305 g/mol. The Labute approximate surface area is 125 Å². The van der Waals surface area contributed by atoms with Crippen LogP contribution in [0.4, 0.5) is 0 Å². The summed E-state index contributed by atoms with van der Waals surface area (Å²) < 4.78 is 16.1. The highest BCUT2D eigenvalue weighted by atomic mass is 28.4. The molecule has 0 aromatic carbocycles. The zero-order valence-corrected chi connectivity index (χ0v) is 14.7. The number of carbonyl (C=O) groups is 1. The SMILES string of the molecule is CCCCCCCC(=O)OCCOCCO[Si](C)(C)C. The molecule has 20 heavy (non-hydrogen) atoms. The zero-order chi connectivity index (χ0) is 15.3. The molecule has 0 aromatic rings. The number of unbranched alkanes of at least 4 members (excludes halogenated alkanes) is 4. The second kappa shape index (κ2) is 12.4. The van der Waals surface area contributed by atoms with Crippen molar-refractivity contribution in [3.05, 3.63) is 0 Å². The van der Waals surface area contributed by atoms with Crippen LogP contribution in [0.15, 0.2) is 0 Å². The Bertz CT molecular complexity index is 239. The second-order valence-electron chi connectivity index (χ2n) is 5.96. The number of hydrogen-bond acceptors (Lipinski definition) is 4. The molecule has 0 amide bonds. The van der Waals surface area contributed by atoms with E-state index in [2.05, 4.69) is 26.6 Å². The van der Waals surface area contributed by atoms with E-state index in [0.717, 1.165) is 12.8 Å². The highest BCUT2D eigenvalue weighted by Gasteiger charge is 2.13. The summed E-state index contributed by atoms with van der Waals surface area (Å²) >= 11 is 0.